The lowest BCUT2D eigenvalue weighted by molar-refractivity contribution is -0.113. The summed E-state index contributed by atoms with van der Waals surface area (Å²) < 4.78 is 0. The molecule has 3 fully saturated rings. The van der Waals surface area contributed by atoms with Crippen molar-refractivity contribution in [2.24, 2.45) is 5.92 Å². The lowest BCUT2D eigenvalue weighted by Gasteiger charge is -2.50. The molecule has 0 amide bonds. The molecule has 3 aliphatic rings. The van der Waals surface area contributed by atoms with E-state index in [1.165, 1.54) is 25.9 Å². The Labute approximate surface area is 68.2 Å². The quantitative estimate of drug-likeness (QED) is 0.607. The average Bonchev–Trinajstić information content (AvgIpc) is 2.06. The number of hydrogen-bond acceptors (Lipinski definition) is 2. The van der Waals surface area contributed by atoms with E-state index >= 15 is 0 Å². The maximum atomic E-state index is 10.1. The smallest absolute Gasteiger partial charge is 0.0800 e. The van der Waals surface area contributed by atoms with Crippen LogP contribution in [0, 0.1) is 5.92 Å². The third kappa shape index (κ3) is 1.09. The first-order chi connectivity index (χ1) is 5.24. The van der Waals surface area contributed by atoms with E-state index < -0.39 is 0 Å². The van der Waals surface area contributed by atoms with Crippen LogP contribution in [0.15, 0.2) is 0 Å². The normalized spacial score (nSPS) is 49.6. The van der Waals surface area contributed by atoms with Gasteiger partial charge in [0, 0.05) is 6.54 Å². The van der Waals surface area contributed by atoms with Crippen molar-refractivity contribution in [3.8, 4) is 0 Å². The number of aliphatic hydroxyl groups is 1. The van der Waals surface area contributed by atoms with Crippen LogP contribution in [0.4, 0.5) is 0 Å². The molecule has 0 radical (unpaired) electrons. The van der Waals surface area contributed by atoms with E-state index in [0.29, 0.717) is 5.92 Å². The Morgan fingerprint density at radius 1 is 1.45 bits per heavy atom. The Morgan fingerprint density at radius 2 is 2.09 bits per heavy atom. The number of fused-ring (bicyclic) bond motifs is 3. The van der Waals surface area contributed by atoms with Crippen LogP contribution in [0.1, 0.15) is 26.2 Å². The van der Waals surface area contributed by atoms with Gasteiger partial charge in [-0.2, -0.15) is 0 Å². The minimum Gasteiger partial charge on any atom is -0.388 e. The van der Waals surface area contributed by atoms with E-state index in [2.05, 4.69) is 11.8 Å². The highest BCUT2D eigenvalue weighted by atomic mass is 16.3. The molecule has 0 saturated carbocycles. The Balaban J connectivity index is 2.13. The molecule has 3 rings (SSSR count). The van der Waals surface area contributed by atoms with E-state index in [1.807, 2.05) is 0 Å². The summed E-state index contributed by atoms with van der Waals surface area (Å²) in [6, 6.07) is 0. The SMILES string of the molecule is CC[C@@]1(O)CN2CCC1CC2. The lowest BCUT2D eigenvalue weighted by Crippen LogP contribution is -2.58. The van der Waals surface area contributed by atoms with Gasteiger partial charge in [0.05, 0.1) is 5.60 Å². The van der Waals surface area contributed by atoms with Gasteiger partial charge < -0.3 is 10.0 Å². The monoisotopic (exact) mass is 155 g/mol. The third-order valence-electron chi connectivity index (χ3n) is 3.46. The largest absolute Gasteiger partial charge is 0.388 e. The second-order valence-corrected chi connectivity index (χ2v) is 4.01. The fourth-order valence-electron chi connectivity index (χ4n) is 2.55. The molecule has 2 heteroatoms. The summed E-state index contributed by atoms with van der Waals surface area (Å²) in [7, 11) is 0. The molecule has 0 aromatic rings. The Kier molecular flexibility index (Phi) is 1.69. The molecule has 3 saturated heterocycles. The summed E-state index contributed by atoms with van der Waals surface area (Å²) in [6.45, 7) is 5.45. The standard InChI is InChI=1S/C9H17NO/c1-2-9(11)7-10-5-3-8(9)4-6-10/h8,11H,2-7H2,1H3/t9-/m1/s1. The van der Waals surface area contributed by atoms with E-state index in [1.54, 1.807) is 0 Å². The number of nitrogens with zero attached hydrogens (tertiary/aromatic N) is 1. The van der Waals surface area contributed by atoms with Crippen molar-refractivity contribution in [1.29, 1.82) is 0 Å². The van der Waals surface area contributed by atoms with Crippen LogP contribution in [-0.4, -0.2) is 35.2 Å². The van der Waals surface area contributed by atoms with Gasteiger partial charge in [-0.1, -0.05) is 6.92 Å². The van der Waals surface area contributed by atoms with Gasteiger partial charge in [0.2, 0.25) is 0 Å². The Hall–Kier alpha value is -0.0800. The van der Waals surface area contributed by atoms with Gasteiger partial charge in [-0.15, -0.1) is 0 Å². The van der Waals surface area contributed by atoms with Gasteiger partial charge in [-0.3, -0.25) is 0 Å². The van der Waals surface area contributed by atoms with Crippen molar-refractivity contribution in [2.45, 2.75) is 31.8 Å². The first kappa shape index (κ1) is 7.56. The lowest BCUT2D eigenvalue weighted by atomic mass is 9.74. The van der Waals surface area contributed by atoms with Gasteiger partial charge >= 0.3 is 0 Å². The topological polar surface area (TPSA) is 23.5 Å². The van der Waals surface area contributed by atoms with Crippen LogP contribution < -0.4 is 0 Å². The maximum Gasteiger partial charge on any atom is 0.0800 e. The second-order valence-electron chi connectivity index (χ2n) is 4.01. The molecule has 0 spiro atoms. The first-order valence-corrected chi connectivity index (χ1v) is 4.69. The Bertz CT molecular complexity index is 152. The summed E-state index contributed by atoms with van der Waals surface area (Å²) in [6.07, 6.45) is 3.35. The maximum absolute atomic E-state index is 10.1. The van der Waals surface area contributed by atoms with Crippen molar-refractivity contribution < 1.29 is 5.11 Å². The minimum atomic E-state index is -0.337. The molecule has 1 N–H and O–H groups in total. The van der Waals surface area contributed by atoms with Crippen molar-refractivity contribution in [3.63, 3.8) is 0 Å². The van der Waals surface area contributed by atoms with Gasteiger partial charge in [-0.25, -0.2) is 0 Å². The predicted molar refractivity (Wildman–Crippen MR) is 44.4 cm³/mol. The van der Waals surface area contributed by atoms with Gasteiger partial charge in [0.15, 0.2) is 0 Å². The van der Waals surface area contributed by atoms with Crippen molar-refractivity contribution >= 4 is 0 Å². The molecule has 0 aromatic carbocycles. The van der Waals surface area contributed by atoms with E-state index in [9.17, 15) is 5.11 Å². The summed E-state index contributed by atoms with van der Waals surface area (Å²) in [5, 5.41) is 10.1. The zero-order chi connectivity index (χ0) is 7.90. The number of rotatable bonds is 1. The van der Waals surface area contributed by atoms with Gasteiger partial charge in [0.1, 0.15) is 0 Å². The van der Waals surface area contributed by atoms with Crippen LogP contribution in [0.25, 0.3) is 0 Å². The molecule has 64 valence electrons. The highest BCUT2D eigenvalue weighted by molar-refractivity contribution is 4.97. The van der Waals surface area contributed by atoms with Gasteiger partial charge in [0.25, 0.3) is 0 Å². The van der Waals surface area contributed by atoms with E-state index in [0.717, 1.165) is 13.0 Å². The summed E-state index contributed by atoms with van der Waals surface area (Å²) >= 11 is 0. The van der Waals surface area contributed by atoms with Crippen LogP contribution >= 0.6 is 0 Å². The summed E-state index contributed by atoms with van der Waals surface area (Å²) in [5.74, 6) is 0.595. The number of hydrogen-bond donors (Lipinski definition) is 1. The molecule has 2 bridgehead atoms. The molecule has 11 heavy (non-hydrogen) atoms. The summed E-state index contributed by atoms with van der Waals surface area (Å²) in [4.78, 5) is 2.39. The van der Waals surface area contributed by atoms with E-state index in [4.69, 9.17) is 0 Å². The molecular weight excluding hydrogens is 138 g/mol. The molecule has 3 aliphatic heterocycles. The van der Waals surface area contributed by atoms with Crippen LogP contribution in [0.5, 0.6) is 0 Å². The highest BCUT2D eigenvalue weighted by Crippen LogP contribution is 2.37. The van der Waals surface area contributed by atoms with Crippen molar-refractivity contribution in [1.82, 2.24) is 4.90 Å². The first-order valence-electron chi connectivity index (χ1n) is 4.69. The molecule has 2 nitrogen and oxygen atoms in total. The van der Waals surface area contributed by atoms with Crippen LogP contribution in [0.2, 0.25) is 0 Å². The molecule has 0 aliphatic carbocycles. The molecule has 0 aromatic heterocycles. The molecule has 3 heterocycles. The van der Waals surface area contributed by atoms with Crippen molar-refractivity contribution in [2.75, 3.05) is 19.6 Å². The minimum absolute atomic E-state index is 0.337. The highest BCUT2D eigenvalue weighted by Gasteiger charge is 2.43. The van der Waals surface area contributed by atoms with Crippen LogP contribution in [-0.2, 0) is 0 Å². The fourth-order valence-corrected chi connectivity index (χ4v) is 2.55. The predicted octanol–water partition coefficient (Wildman–Crippen LogP) is 0.853. The fraction of sp³-hybridized carbons (Fsp3) is 1.00. The van der Waals surface area contributed by atoms with Crippen molar-refractivity contribution in [3.05, 3.63) is 0 Å². The van der Waals surface area contributed by atoms with Crippen LogP contribution in [0.3, 0.4) is 0 Å². The van der Waals surface area contributed by atoms with Gasteiger partial charge in [-0.05, 0) is 38.3 Å². The summed E-state index contributed by atoms with van der Waals surface area (Å²) in [5.41, 5.74) is -0.337. The third-order valence-corrected chi connectivity index (χ3v) is 3.46. The molecular formula is C9H17NO. The molecule has 1 atom stereocenters. The Morgan fingerprint density at radius 3 is 2.36 bits per heavy atom. The zero-order valence-corrected chi connectivity index (χ0v) is 7.21. The van der Waals surface area contributed by atoms with E-state index in [-0.39, 0.29) is 5.60 Å². The zero-order valence-electron chi connectivity index (χ0n) is 7.21. The number of piperidine rings is 3. The average molecular weight is 155 g/mol. The second kappa shape index (κ2) is 2.46. The molecule has 0 unspecified atom stereocenters.